The summed E-state index contributed by atoms with van der Waals surface area (Å²) < 4.78 is 1.11. The maximum absolute atomic E-state index is 12.1. The second kappa shape index (κ2) is 8.08. The number of halogens is 2. The fraction of sp³-hybridized carbons (Fsp3) is 0.0588. The lowest BCUT2D eigenvalue weighted by molar-refractivity contribution is 0.0952. The molecule has 0 aliphatic carbocycles. The van der Waals surface area contributed by atoms with Gasteiger partial charge in [-0.05, 0) is 46.6 Å². The Labute approximate surface area is 151 Å². The predicted molar refractivity (Wildman–Crippen MR) is 99.6 cm³/mol. The minimum atomic E-state index is -0.489. The normalized spacial score (nSPS) is 11.7. The number of carbonyl (C=O) groups excluding carboxylic acids is 1. The number of allylic oxidation sites excluding steroid dienone is 1. The first-order valence-corrected chi connectivity index (χ1v) is 8.31. The van der Waals surface area contributed by atoms with Crippen LogP contribution in [-0.2, 0) is 0 Å². The minimum Gasteiger partial charge on any atom is -0.506 e. The van der Waals surface area contributed by atoms with Crippen molar-refractivity contribution in [2.75, 3.05) is 0 Å². The number of hydrogen-bond acceptors (Lipinski definition) is 3. The highest BCUT2D eigenvalue weighted by Crippen LogP contribution is 2.31. The van der Waals surface area contributed by atoms with Crippen molar-refractivity contribution in [2.24, 2.45) is 5.10 Å². The van der Waals surface area contributed by atoms with Gasteiger partial charge >= 0.3 is 0 Å². The maximum atomic E-state index is 12.1. The third kappa shape index (κ3) is 5.04. The molecule has 2 aromatic carbocycles. The number of hydrazone groups is 1. The number of rotatable bonds is 4. The molecule has 2 rings (SSSR count). The van der Waals surface area contributed by atoms with Crippen molar-refractivity contribution in [1.82, 2.24) is 5.43 Å². The van der Waals surface area contributed by atoms with Crippen molar-refractivity contribution >= 4 is 49.6 Å². The first-order chi connectivity index (χ1) is 11.0. The first-order valence-electron chi connectivity index (χ1n) is 6.73. The summed E-state index contributed by atoms with van der Waals surface area (Å²) in [6, 6.07) is 13.0. The molecule has 0 aliphatic heterocycles. The number of nitrogens with one attached hydrogen (secondary N) is 1. The zero-order valence-corrected chi connectivity index (χ0v) is 15.4. The number of carbonyl (C=O) groups is 1. The molecule has 2 aromatic rings. The minimum absolute atomic E-state index is 0.126. The van der Waals surface area contributed by atoms with Crippen LogP contribution in [0.4, 0.5) is 0 Å². The van der Waals surface area contributed by atoms with Gasteiger partial charge in [-0.15, -0.1) is 0 Å². The molecule has 0 unspecified atom stereocenters. The highest BCUT2D eigenvalue weighted by atomic mass is 79.9. The number of aromatic hydroxyl groups is 1. The van der Waals surface area contributed by atoms with Gasteiger partial charge in [0, 0.05) is 4.47 Å². The standard InChI is InChI=1S/C17H14Br2N2O2/c1-11(7-8-12-5-3-2-4-6-12)20-21-17(23)14-9-13(18)10-15(19)16(14)22/h2-10,22H,1H3,(H,21,23)/b8-7+,20-11+. The molecule has 118 valence electrons. The number of amides is 1. The van der Waals surface area contributed by atoms with Crippen molar-refractivity contribution in [1.29, 1.82) is 0 Å². The molecule has 0 radical (unpaired) electrons. The molecule has 0 aromatic heterocycles. The van der Waals surface area contributed by atoms with Gasteiger partial charge in [-0.2, -0.15) is 5.10 Å². The van der Waals surface area contributed by atoms with Crippen molar-refractivity contribution < 1.29 is 9.90 Å². The zero-order chi connectivity index (χ0) is 16.8. The molecule has 1 amide bonds. The average Bonchev–Trinajstić information content (AvgIpc) is 2.55. The fourth-order valence-electron chi connectivity index (χ4n) is 1.76. The van der Waals surface area contributed by atoms with E-state index in [0.29, 0.717) is 14.7 Å². The second-order valence-electron chi connectivity index (χ2n) is 4.72. The highest BCUT2D eigenvalue weighted by molar-refractivity contribution is 9.11. The van der Waals surface area contributed by atoms with Gasteiger partial charge in [-0.1, -0.05) is 52.3 Å². The van der Waals surface area contributed by atoms with Crippen molar-refractivity contribution in [3.63, 3.8) is 0 Å². The molecule has 23 heavy (non-hydrogen) atoms. The summed E-state index contributed by atoms with van der Waals surface area (Å²) in [5, 5.41) is 13.9. The van der Waals surface area contributed by atoms with E-state index in [1.807, 2.05) is 36.4 Å². The van der Waals surface area contributed by atoms with Crippen LogP contribution in [0, 0.1) is 0 Å². The van der Waals surface area contributed by atoms with Gasteiger partial charge in [-0.25, -0.2) is 5.43 Å². The number of phenolic OH excluding ortho intramolecular Hbond substituents is 1. The van der Waals surface area contributed by atoms with Gasteiger partial charge in [0.2, 0.25) is 0 Å². The molecule has 6 heteroatoms. The Bertz CT molecular complexity index is 772. The molecule has 0 fully saturated rings. The van der Waals surface area contributed by atoms with Gasteiger partial charge < -0.3 is 5.11 Å². The van der Waals surface area contributed by atoms with E-state index in [1.165, 1.54) is 6.07 Å². The number of phenols is 1. The summed E-state index contributed by atoms with van der Waals surface area (Å²) in [6.45, 7) is 1.77. The van der Waals surface area contributed by atoms with Crippen LogP contribution in [0.2, 0.25) is 0 Å². The smallest absolute Gasteiger partial charge is 0.275 e. The van der Waals surface area contributed by atoms with Crippen LogP contribution in [0.1, 0.15) is 22.8 Å². The Kier molecular flexibility index (Phi) is 6.12. The van der Waals surface area contributed by atoms with Crippen LogP contribution >= 0.6 is 31.9 Å². The molecular weight excluding hydrogens is 424 g/mol. The topological polar surface area (TPSA) is 61.7 Å². The van der Waals surface area contributed by atoms with Crippen molar-refractivity contribution in [3.05, 3.63) is 68.6 Å². The molecule has 0 heterocycles. The van der Waals surface area contributed by atoms with Gasteiger partial charge in [0.1, 0.15) is 5.75 Å². The predicted octanol–water partition coefficient (Wildman–Crippen LogP) is 4.74. The molecule has 0 saturated heterocycles. The van der Waals surface area contributed by atoms with E-state index < -0.39 is 5.91 Å². The Balaban J connectivity index is 2.07. The molecule has 0 aliphatic rings. The lowest BCUT2D eigenvalue weighted by atomic mass is 10.2. The van der Waals surface area contributed by atoms with E-state index in [0.717, 1.165) is 5.56 Å². The third-order valence-electron chi connectivity index (χ3n) is 2.92. The van der Waals surface area contributed by atoms with Gasteiger partial charge in [0.15, 0.2) is 0 Å². The lowest BCUT2D eigenvalue weighted by Gasteiger charge is -2.06. The van der Waals surface area contributed by atoms with Gasteiger partial charge in [0.05, 0.1) is 15.7 Å². The SMILES string of the molecule is CC(/C=C/c1ccccc1)=N\NC(=O)c1cc(Br)cc(Br)c1O. The Morgan fingerprint density at radius 3 is 2.61 bits per heavy atom. The van der Waals surface area contributed by atoms with E-state index >= 15 is 0 Å². The highest BCUT2D eigenvalue weighted by Gasteiger charge is 2.14. The molecule has 0 spiro atoms. The van der Waals surface area contributed by atoms with E-state index in [2.05, 4.69) is 42.4 Å². The summed E-state index contributed by atoms with van der Waals surface area (Å²) in [4.78, 5) is 12.1. The molecule has 0 atom stereocenters. The van der Waals surface area contributed by atoms with Crippen LogP contribution in [0.5, 0.6) is 5.75 Å². The van der Waals surface area contributed by atoms with Gasteiger partial charge in [0.25, 0.3) is 5.91 Å². The monoisotopic (exact) mass is 436 g/mol. The van der Waals surface area contributed by atoms with Crippen molar-refractivity contribution in [2.45, 2.75) is 6.92 Å². The molecule has 0 bridgehead atoms. The summed E-state index contributed by atoms with van der Waals surface area (Å²) in [5.41, 5.74) is 4.24. The number of benzene rings is 2. The molecule has 0 saturated carbocycles. The summed E-state index contributed by atoms with van der Waals surface area (Å²) in [5.74, 6) is -0.615. The van der Waals surface area contributed by atoms with Crippen LogP contribution in [0.3, 0.4) is 0 Å². The number of hydrogen-bond donors (Lipinski definition) is 2. The second-order valence-corrected chi connectivity index (χ2v) is 6.49. The summed E-state index contributed by atoms with van der Waals surface area (Å²) >= 11 is 6.47. The van der Waals surface area contributed by atoms with Gasteiger partial charge in [-0.3, -0.25) is 4.79 Å². The van der Waals surface area contributed by atoms with E-state index in [4.69, 9.17) is 0 Å². The molecule has 2 N–H and O–H groups in total. The van der Waals surface area contributed by atoms with Crippen LogP contribution in [0.15, 0.2) is 62.6 Å². The van der Waals surface area contributed by atoms with Crippen LogP contribution in [-0.4, -0.2) is 16.7 Å². The first kappa shape index (κ1) is 17.4. The zero-order valence-electron chi connectivity index (χ0n) is 12.3. The summed E-state index contributed by atoms with van der Waals surface area (Å²) in [6.07, 6.45) is 3.70. The number of nitrogens with zero attached hydrogens (tertiary/aromatic N) is 1. The quantitative estimate of drug-likeness (QED) is 0.536. The van der Waals surface area contributed by atoms with Crippen molar-refractivity contribution in [3.8, 4) is 5.75 Å². The molecule has 4 nitrogen and oxygen atoms in total. The average molecular weight is 438 g/mol. The van der Waals surface area contributed by atoms with Crippen LogP contribution < -0.4 is 5.43 Å². The third-order valence-corrected chi connectivity index (χ3v) is 3.99. The van der Waals surface area contributed by atoms with E-state index in [-0.39, 0.29) is 11.3 Å². The van der Waals surface area contributed by atoms with E-state index in [1.54, 1.807) is 19.1 Å². The van der Waals surface area contributed by atoms with E-state index in [9.17, 15) is 9.90 Å². The van der Waals surface area contributed by atoms with Crippen LogP contribution in [0.25, 0.3) is 6.08 Å². The maximum Gasteiger partial charge on any atom is 0.275 e. The Morgan fingerprint density at radius 2 is 1.91 bits per heavy atom. The fourth-order valence-corrected chi connectivity index (χ4v) is 2.98. The largest absolute Gasteiger partial charge is 0.506 e. The molecular formula is C17H14Br2N2O2. The summed E-state index contributed by atoms with van der Waals surface area (Å²) in [7, 11) is 0. The lowest BCUT2D eigenvalue weighted by Crippen LogP contribution is -2.19. The Morgan fingerprint density at radius 1 is 1.22 bits per heavy atom. The Hall–Kier alpha value is -1.92.